The average molecular weight is 311 g/mol. The molecule has 0 atom stereocenters. The van der Waals surface area contributed by atoms with E-state index >= 15 is 0 Å². The minimum atomic E-state index is 0.274. The van der Waals surface area contributed by atoms with Crippen molar-refractivity contribution in [3.63, 3.8) is 0 Å². The molecular weight excluding hydrogens is 290 g/mol. The number of benzene rings is 1. The molecule has 1 aromatic carbocycles. The second-order valence-electron chi connectivity index (χ2n) is 4.85. The van der Waals surface area contributed by atoms with E-state index < -0.39 is 0 Å². The van der Waals surface area contributed by atoms with Gasteiger partial charge >= 0.3 is 6.01 Å². The normalized spacial score (nSPS) is 11.7. The molecule has 0 fully saturated rings. The van der Waals surface area contributed by atoms with Crippen LogP contribution in [-0.2, 0) is 0 Å². The van der Waals surface area contributed by atoms with Gasteiger partial charge in [-0.15, -0.1) is 0 Å². The molecule has 0 N–H and O–H groups in total. The van der Waals surface area contributed by atoms with Crippen LogP contribution >= 0.6 is 0 Å². The predicted octanol–water partition coefficient (Wildman–Crippen LogP) is 4.08. The number of hydrogen-bond acceptors (Lipinski definition) is 5. The van der Waals surface area contributed by atoms with Crippen LogP contribution in [0.5, 0.6) is 17.5 Å². The highest BCUT2D eigenvalue weighted by atomic mass is 16.5. The highest BCUT2D eigenvalue weighted by Gasteiger charge is 2.09. The molecule has 0 amide bonds. The van der Waals surface area contributed by atoms with Crippen molar-refractivity contribution in [3.8, 4) is 17.5 Å². The fraction of sp³-hybridized carbons (Fsp3) is 0.278. The van der Waals surface area contributed by atoms with Crippen LogP contribution in [0.4, 0.5) is 0 Å². The fourth-order valence-corrected chi connectivity index (χ4v) is 1.99. The molecule has 1 aromatic heterocycles. The van der Waals surface area contributed by atoms with Crippen molar-refractivity contribution in [2.24, 2.45) is 4.99 Å². The Labute approximate surface area is 136 Å². The van der Waals surface area contributed by atoms with Crippen molar-refractivity contribution in [1.29, 1.82) is 0 Å². The molecule has 0 unspecified atom stereocenters. The number of aryl methyl sites for hydroxylation is 1. The third-order valence-electron chi connectivity index (χ3n) is 3.17. The maximum atomic E-state index is 5.80. The van der Waals surface area contributed by atoms with E-state index in [9.17, 15) is 0 Å². The number of aromatic nitrogens is 2. The summed E-state index contributed by atoms with van der Waals surface area (Å²) in [5.41, 5.74) is 2.76. The van der Waals surface area contributed by atoms with Gasteiger partial charge in [0, 0.05) is 24.5 Å². The first-order valence-corrected chi connectivity index (χ1v) is 7.50. The molecule has 2 aromatic rings. The maximum Gasteiger partial charge on any atom is 0.322 e. The molecule has 5 nitrogen and oxygen atoms in total. The van der Waals surface area contributed by atoms with Crippen molar-refractivity contribution in [2.75, 3.05) is 13.7 Å². The first-order chi connectivity index (χ1) is 11.2. The minimum absolute atomic E-state index is 0.274. The van der Waals surface area contributed by atoms with E-state index in [-0.39, 0.29) is 6.01 Å². The lowest BCUT2D eigenvalue weighted by Gasteiger charge is -2.10. The standard InChI is InChI=1S/C18H21N3O2/c1-5-14(12-19-6-2)15-9-10-20-18(21-15)23-17-11-13(3)7-8-16(17)22-4/h5,7-12H,6H2,1-4H3/b14-5+,19-12?. The number of rotatable bonds is 6. The summed E-state index contributed by atoms with van der Waals surface area (Å²) in [7, 11) is 1.61. The Morgan fingerprint density at radius 1 is 1.26 bits per heavy atom. The van der Waals surface area contributed by atoms with Crippen LogP contribution < -0.4 is 9.47 Å². The molecule has 0 aliphatic carbocycles. The zero-order valence-corrected chi connectivity index (χ0v) is 13.9. The first-order valence-electron chi connectivity index (χ1n) is 7.50. The van der Waals surface area contributed by atoms with Gasteiger partial charge in [0.25, 0.3) is 0 Å². The Morgan fingerprint density at radius 3 is 2.78 bits per heavy atom. The van der Waals surface area contributed by atoms with Crippen LogP contribution in [0.1, 0.15) is 25.1 Å². The lowest BCUT2D eigenvalue weighted by atomic mass is 10.2. The van der Waals surface area contributed by atoms with Crippen LogP contribution in [0.25, 0.3) is 5.57 Å². The van der Waals surface area contributed by atoms with Crippen molar-refractivity contribution in [2.45, 2.75) is 20.8 Å². The monoisotopic (exact) mass is 311 g/mol. The molecule has 0 aliphatic rings. The lowest BCUT2D eigenvalue weighted by molar-refractivity contribution is 0.367. The molecule has 23 heavy (non-hydrogen) atoms. The smallest absolute Gasteiger partial charge is 0.322 e. The van der Waals surface area contributed by atoms with Crippen molar-refractivity contribution < 1.29 is 9.47 Å². The van der Waals surface area contributed by atoms with Crippen molar-refractivity contribution in [1.82, 2.24) is 9.97 Å². The summed E-state index contributed by atoms with van der Waals surface area (Å²) in [4.78, 5) is 12.9. The van der Waals surface area contributed by atoms with Gasteiger partial charge in [-0.05, 0) is 44.5 Å². The molecule has 0 spiro atoms. The Balaban J connectivity index is 2.30. The van der Waals surface area contributed by atoms with Crippen LogP contribution in [0, 0.1) is 6.92 Å². The van der Waals surface area contributed by atoms with E-state index in [4.69, 9.17) is 9.47 Å². The van der Waals surface area contributed by atoms with E-state index in [2.05, 4.69) is 15.0 Å². The van der Waals surface area contributed by atoms with Crippen molar-refractivity contribution in [3.05, 3.63) is 47.8 Å². The molecule has 0 bridgehead atoms. The van der Waals surface area contributed by atoms with Gasteiger partial charge in [0.2, 0.25) is 0 Å². The largest absolute Gasteiger partial charge is 0.493 e. The number of aliphatic imine (C=N–C) groups is 1. The van der Waals surface area contributed by atoms with Gasteiger partial charge < -0.3 is 9.47 Å². The molecule has 2 rings (SSSR count). The molecule has 0 aliphatic heterocycles. The number of allylic oxidation sites excluding steroid dienone is 2. The SMILES string of the molecule is C/C=C(\C=NCC)c1ccnc(Oc2cc(C)ccc2OC)n1. The summed E-state index contributed by atoms with van der Waals surface area (Å²) in [6.45, 7) is 6.65. The van der Waals surface area contributed by atoms with E-state index in [1.54, 1.807) is 19.5 Å². The Kier molecular flexibility index (Phi) is 5.86. The van der Waals surface area contributed by atoms with Crippen LogP contribution in [0.2, 0.25) is 0 Å². The van der Waals surface area contributed by atoms with E-state index in [0.29, 0.717) is 11.5 Å². The molecule has 120 valence electrons. The van der Waals surface area contributed by atoms with Gasteiger partial charge in [-0.2, -0.15) is 4.98 Å². The number of hydrogen-bond donors (Lipinski definition) is 0. The van der Waals surface area contributed by atoms with Gasteiger partial charge in [-0.3, -0.25) is 4.99 Å². The van der Waals surface area contributed by atoms with Gasteiger partial charge in [-0.25, -0.2) is 4.98 Å². The maximum absolute atomic E-state index is 5.80. The van der Waals surface area contributed by atoms with Crippen molar-refractivity contribution >= 4 is 11.8 Å². The number of nitrogens with zero attached hydrogens (tertiary/aromatic N) is 3. The van der Waals surface area contributed by atoms with E-state index in [0.717, 1.165) is 23.4 Å². The predicted molar refractivity (Wildman–Crippen MR) is 92.5 cm³/mol. The lowest BCUT2D eigenvalue weighted by Crippen LogP contribution is -1.98. The zero-order valence-electron chi connectivity index (χ0n) is 13.9. The molecule has 1 heterocycles. The van der Waals surface area contributed by atoms with Crippen LogP contribution in [0.3, 0.4) is 0 Å². The second kappa shape index (κ2) is 8.08. The third kappa shape index (κ3) is 4.39. The molecular formula is C18H21N3O2. The summed E-state index contributed by atoms with van der Waals surface area (Å²) in [6, 6.07) is 7.82. The molecule has 0 saturated carbocycles. The number of methoxy groups -OCH3 is 1. The molecule has 0 saturated heterocycles. The van der Waals surface area contributed by atoms with Gasteiger partial charge in [-0.1, -0.05) is 12.1 Å². The average Bonchev–Trinajstić information content (AvgIpc) is 2.56. The minimum Gasteiger partial charge on any atom is -0.493 e. The highest BCUT2D eigenvalue weighted by Crippen LogP contribution is 2.31. The quantitative estimate of drug-likeness (QED) is 0.754. The Morgan fingerprint density at radius 2 is 2.09 bits per heavy atom. The van der Waals surface area contributed by atoms with E-state index in [1.165, 1.54) is 0 Å². The van der Waals surface area contributed by atoms with Gasteiger partial charge in [0.15, 0.2) is 11.5 Å². The summed E-state index contributed by atoms with van der Waals surface area (Å²) < 4.78 is 11.1. The van der Waals surface area contributed by atoms with Crippen LogP contribution in [-0.4, -0.2) is 29.8 Å². The summed E-state index contributed by atoms with van der Waals surface area (Å²) in [6.07, 6.45) is 5.43. The first kappa shape index (κ1) is 16.7. The summed E-state index contributed by atoms with van der Waals surface area (Å²) in [5, 5.41) is 0. The topological polar surface area (TPSA) is 56.6 Å². The Bertz CT molecular complexity index is 724. The van der Waals surface area contributed by atoms with E-state index in [1.807, 2.05) is 51.1 Å². The second-order valence-corrected chi connectivity index (χ2v) is 4.85. The van der Waals surface area contributed by atoms with Gasteiger partial charge in [0.1, 0.15) is 0 Å². The summed E-state index contributed by atoms with van der Waals surface area (Å²) in [5.74, 6) is 1.23. The summed E-state index contributed by atoms with van der Waals surface area (Å²) >= 11 is 0. The fourth-order valence-electron chi connectivity index (χ4n) is 1.99. The van der Waals surface area contributed by atoms with Gasteiger partial charge in [0.05, 0.1) is 12.8 Å². The highest BCUT2D eigenvalue weighted by molar-refractivity contribution is 6.08. The van der Waals surface area contributed by atoms with Crippen LogP contribution in [0.15, 0.2) is 41.5 Å². The molecule has 0 radical (unpaired) electrons. The Hall–Kier alpha value is -2.69. The molecule has 5 heteroatoms. The number of ether oxygens (including phenoxy) is 2. The third-order valence-corrected chi connectivity index (χ3v) is 3.17. The zero-order chi connectivity index (χ0) is 16.7.